The van der Waals surface area contributed by atoms with Crippen LogP contribution in [0.3, 0.4) is 0 Å². The van der Waals surface area contributed by atoms with Crippen LogP contribution in [0, 0.1) is 0 Å². The van der Waals surface area contributed by atoms with Crippen LogP contribution in [0.15, 0.2) is 29.2 Å². The van der Waals surface area contributed by atoms with Crippen molar-refractivity contribution in [2.75, 3.05) is 0 Å². The Balaban J connectivity index is 2.80. The first-order valence-corrected chi connectivity index (χ1v) is 4.83. The number of hydrogen-bond acceptors (Lipinski definition) is 4. The van der Waals surface area contributed by atoms with Crippen LogP contribution < -0.4 is 0 Å². The van der Waals surface area contributed by atoms with Gasteiger partial charge in [0.1, 0.15) is 6.10 Å². The summed E-state index contributed by atoms with van der Waals surface area (Å²) in [5.41, 5.74) is 0.426. The molecule has 0 fully saturated rings. The van der Waals surface area contributed by atoms with Crippen molar-refractivity contribution in [1.29, 1.82) is 0 Å². The molecule has 0 heterocycles. The minimum atomic E-state index is -1.32. The molecule has 0 aromatic heterocycles. The molecule has 1 aromatic carbocycles. The first kappa shape index (κ1) is 12.0. The van der Waals surface area contributed by atoms with Gasteiger partial charge in [-0.15, -0.1) is 12.6 Å². The van der Waals surface area contributed by atoms with Gasteiger partial charge in [0.15, 0.2) is 0 Å². The van der Waals surface area contributed by atoms with Crippen LogP contribution >= 0.6 is 12.6 Å². The number of aliphatic hydroxyl groups excluding tert-OH is 2. The maximum atomic E-state index is 10.3. The van der Waals surface area contributed by atoms with Gasteiger partial charge in [-0.3, -0.25) is 4.79 Å². The lowest BCUT2D eigenvalue weighted by Crippen LogP contribution is -2.22. The molecule has 0 saturated heterocycles. The van der Waals surface area contributed by atoms with Crippen LogP contribution in [0.4, 0.5) is 0 Å². The zero-order chi connectivity index (χ0) is 11.4. The van der Waals surface area contributed by atoms with Crippen molar-refractivity contribution in [2.45, 2.75) is 23.5 Å². The number of carbonyl (C=O) groups is 1. The summed E-state index contributed by atoms with van der Waals surface area (Å²) in [6, 6.07) is 6.68. The predicted molar refractivity (Wildman–Crippen MR) is 56.9 cm³/mol. The molecule has 4 nitrogen and oxygen atoms in total. The van der Waals surface area contributed by atoms with Crippen molar-refractivity contribution in [3.05, 3.63) is 29.8 Å². The van der Waals surface area contributed by atoms with Gasteiger partial charge in [0.25, 0.3) is 0 Å². The minimum Gasteiger partial charge on any atom is -0.481 e. The molecule has 0 saturated carbocycles. The van der Waals surface area contributed by atoms with E-state index in [4.69, 9.17) is 5.11 Å². The van der Waals surface area contributed by atoms with Crippen LogP contribution in [0.2, 0.25) is 0 Å². The third-order valence-electron chi connectivity index (χ3n) is 2.00. The first-order chi connectivity index (χ1) is 7.02. The Kier molecular flexibility index (Phi) is 4.14. The molecule has 5 heteroatoms. The highest BCUT2D eigenvalue weighted by atomic mass is 32.1. The Morgan fingerprint density at radius 3 is 2.47 bits per heavy atom. The molecular weight excluding hydrogens is 216 g/mol. The molecule has 1 rings (SSSR count). The summed E-state index contributed by atoms with van der Waals surface area (Å²) in [7, 11) is 0. The number of benzene rings is 1. The van der Waals surface area contributed by atoms with Crippen molar-refractivity contribution in [1.82, 2.24) is 0 Å². The number of aliphatic carboxylic acids is 1. The molecule has 0 radical (unpaired) electrons. The third kappa shape index (κ3) is 3.23. The summed E-state index contributed by atoms with van der Waals surface area (Å²) in [4.78, 5) is 10.9. The molecule has 3 N–H and O–H groups in total. The summed E-state index contributed by atoms with van der Waals surface area (Å²) in [6.07, 6.45) is -3.05. The monoisotopic (exact) mass is 228 g/mol. The fourth-order valence-electron chi connectivity index (χ4n) is 1.24. The maximum Gasteiger partial charge on any atom is 0.306 e. The zero-order valence-corrected chi connectivity index (χ0v) is 8.76. The van der Waals surface area contributed by atoms with Crippen LogP contribution in [0.1, 0.15) is 18.1 Å². The van der Waals surface area contributed by atoms with Gasteiger partial charge in [-0.2, -0.15) is 0 Å². The van der Waals surface area contributed by atoms with E-state index in [1.807, 2.05) is 0 Å². The summed E-state index contributed by atoms with van der Waals surface area (Å²) >= 11 is 4.10. The molecule has 0 spiro atoms. The van der Waals surface area contributed by atoms with Crippen molar-refractivity contribution in [2.24, 2.45) is 0 Å². The van der Waals surface area contributed by atoms with Crippen LogP contribution in [0.5, 0.6) is 0 Å². The van der Waals surface area contributed by atoms with E-state index < -0.39 is 24.6 Å². The van der Waals surface area contributed by atoms with Crippen LogP contribution in [-0.2, 0) is 4.79 Å². The fourth-order valence-corrected chi connectivity index (χ4v) is 1.53. The summed E-state index contributed by atoms with van der Waals surface area (Å²) < 4.78 is 0. The Labute approximate surface area is 92.6 Å². The Hall–Kier alpha value is -1.04. The highest BCUT2D eigenvalue weighted by Crippen LogP contribution is 2.24. The zero-order valence-electron chi connectivity index (χ0n) is 7.87. The lowest BCUT2D eigenvalue weighted by Gasteiger charge is -2.17. The molecule has 2 atom stereocenters. The molecule has 15 heavy (non-hydrogen) atoms. The number of hydrogen-bond donors (Lipinski definition) is 4. The molecule has 1 aromatic rings. The molecule has 0 aliphatic rings. The van der Waals surface area contributed by atoms with Crippen LogP contribution in [-0.4, -0.2) is 27.4 Å². The molecule has 0 aliphatic carbocycles. The van der Waals surface area contributed by atoms with Crippen molar-refractivity contribution in [3.8, 4) is 0 Å². The van der Waals surface area contributed by atoms with E-state index in [9.17, 15) is 15.0 Å². The first-order valence-electron chi connectivity index (χ1n) is 4.38. The lowest BCUT2D eigenvalue weighted by molar-refractivity contribution is -0.141. The smallest absolute Gasteiger partial charge is 0.306 e. The van der Waals surface area contributed by atoms with Gasteiger partial charge < -0.3 is 15.3 Å². The number of carboxylic acids is 1. The van der Waals surface area contributed by atoms with E-state index >= 15 is 0 Å². The second-order valence-electron chi connectivity index (χ2n) is 3.17. The van der Waals surface area contributed by atoms with E-state index in [-0.39, 0.29) is 0 Å². The van der Waals surface area contributed by atoms with Gasteiger partial charge in [0.2, 0.25) is 0 Å². The van der Waals surface area contributed by atoms with E-state index in [1.165, 1.54) is 0 Å². The summed E-state index contributed by atoms with van der Waals surface area (Å²) in [6.45, 7) is 0. The number of carboxylic acid groups (broad SMARTS) is 1. The lowest BCUT2D eigenvalue weighted by atomic mass is 10.0. The highest BCUT2D eigenvalue weighted by molar-refractivity contribution is 7.80. The predicted octanol–water partition coefficient (Wildman–Crippen LogP) is 0.844. The normalized spacial score (nSPS) is 14.6. The van der Waals surface area contributed by atoms with Gasteiger partial charge in [-0.05, 0) is 11.6 Å². The molecule has 82 valence electrons. The number of aliphatic hydroxyl groups is 2. The number of rotatable bonds is 4. The molecular formula is C10H12O4S. The van der Waals surface area contributed by atoms with Gasteiger partial charge in [0, 0.05) is 4.90 Å². The van der Waals surface area contributed by atoms with E-state index in [1.54, 1.807) is 24.3 Å². The average molecular weight is 228 g/mol. The van der Waals surface area contributed by atoms with Crippen molar-refractivity contribution < 1.29 is 20.1 Å². The Bertz CT molecular complexity index is 353. The Morgan fingerprint density at radius 2 is 1.93 bits per heavy atom. The summed E-state index contributed by atoms with van der Waals surface area (Å²) in [5.74, 6) is -1.15. The molecule has 2 unspecified atom stereocenters. The van der Waals surface area contributed by atoms with E-state index in [0.717, 1.165) is 0 Å². The van der Waals surface area contributed by atoms with Crippen molar-refractivity contribution in [3.63, 3.8) is 0 Å². The second kappa shape index (κ2) is 5.16. The van der Waals surface area contributed by atoms with Gasteiger partial charge in [0.05, 0.1) is 12.5 Å². The van der Waals surface area contributed by atoms with Gasteiger partial charge >= 0.3 is 5.97 Å². The van der Waals surface area contributed by atoms with Gasteiger partial charge in [-0.25, -0.2) is 0 Å². The van der Waals surface area contributed by atoms with E-state index in [0.29, 0.717) is 10.5 Å². The van der Waals surface area contributed by atoms with Crippen LogP contribution in [0.25, 0.3) is 0 Å². The quantitative estimate of drug-likeness (QED) is 0.576. The number of thiol groups is 1. The SMILES string of the molecule is O=C(O)CC(O)C(O)c1ccccc1S. The van der Waals surface area contributed by atoms with E-state index in [2.05, 4.69) is 12.6 Å². The summed E-state index contributed by atoms with van der Waals surface area (Å²) in [5, 5.41) is 27.5. The molecule has 0 amide bonds. The van der Waals surface area contributed by atoms with Crippen molar-refractivity contribution >= 4 is 18.6 Å². The largest absolute Gasteiger partial charge is 0.481 e. The fraction of sp³-hybridized carbons (Fsp3) is 0.300. The standard InChI is InChI=1S/C10H12O4S/c11-7(5-9(12)13)10(14)6-3-1-2-4-8(6)15/h1-4,7,10-11,14-15H,5H2,(H,12,13). The molecule has 0 aliphatic heterocycles. The second-order valence-corrected chi connectivity index (χ2v) is 3.65. The maximum absolute atomic E-state index is 10.3. The average Bonchev–Trinajstić information content (AvgIpc) is 2.16. The minimum absolute atomic E-state index is 0.426. The molecule has 0 bridgehead atoms. The third-order valence-corrected chi connectivity index (χ3v) is 2.41. The van der Waals surface area contributed by atoms with Gasteiger partial charge in [-0.1, -0.05) is 18.2 Å². The topological polar surface area (TPSA) is 77.8 Å². The highest BCUT2D eigenvalue weighted by Gasteiger charge is 2.22. The Morgan fingerprint density at radius 1 is 1.33 bits per heavy atom.